The standard InChI is InChI=1S/C8H12O7/c1-6(10)14-4-8(12)15-5-7(11)13-3-2-9/h9H,2-5H2,1H3. The van der Waals surface area contributed by atoms with E-state index in [1.54, 1.807) is 0 Å². The van der Waals surface area contributed by atoms with E-state index in [0.29, 0.717) is 0 Å². The van der Waals surface area contributed by atoms with Crippen LogP contribution in [0.4, 0.5) is 0 Å². The molecule has 0 unspecified atom stereocenters. The van der Waals surface area contributed by atoms with Gasteiger partial charge in [-0.05, 0) is 0 Å². The summed E-state index contributed by atoms with van der Waals surface area (Å²) in [4.78, 5) is 31.8. The molecule has 86 valence electrons. The first kappa shape index (κ1) is 13.4. The molecule has 7 heteroatoms. The van der Waals surface area contributed by atoms with Crippen LogP contribution in [-0.2, 0) is 28.6 Å². The van der Waals surface area contributed by atoms with Crippen molar-refractivity contribution in [1.29, 1.82) is 0 Å². The molecule has 0 bridgehead atoms. The van der Waals surface area contributed by atoms with Crippen molar-refractivity contribution in [2.24, 2.45) is 0 Å². The van der Waals surface area contributed by atoms with E-state index in [2.05, 4.69) is 14.2 Å². The highest BCUT2D eigenvalue weighted by atomic mass is 16.6. The molecule has 0 aliphatic carbocycles. The van der Waals surface area contributed by atoms with Gasteiger partial charge in [0.1, 0.15) is 6.61 Å². The highest BCUT2D eigenvalue weighted by Gasteiger charge is 2.09. The van der Waals surface area contributed by atoms with Gasteiger partial charge in [-0.3, -0.25) is 4.79 Å². The second kappa shape index (κ2) is 7.74. The van der Waals surface area contributed by atoms with Gasteiger partial charge in [-0.2, -0.15) is 0 Å². The summed E-state index contributed by atoms with van der Waals surface area (Å²) in [5.74, 6) is -2.24. The van der Waals surface area contributed by atoms with Crippen molar-refractivity contribution in [3.63, 3.8) is 0 Å². The first-order valence-electron chi connectivity index (χ1n) is 4.11. The van der Waals surface area contributed by atoms with Crippen molar-refractivity contribution in [2.75, 3.05) is 26.4 Å². The number of hydrogen-bond acceptors (Lipinski definition) is 7. The Morgan fingerprint density at radius 2 is 1.53 bits per heavy atom. The van der Waals surface area contributed by atoms with Crippen LogP contribution in [0.2, 0.25) is 0 Å². The first-order chi connectivity index (χ1) is 7.06. The van der Waals surface area contributed by atoms with Crippen molar-refractivity contribution < 1.29 is 33.7 Å². The largest absolute Gasteiger partial charge is 0.461 e. The molecule has 1 N–H and O–H groups in total. The number of aliphatic hydroxyl groups is 1. The molecule has 0 spiro atoms. The lowest BCUT2D eigenvalue weighted by atomic mass is 10.6. The summed E-state index contributed by atoms with van der Waals surface area (Å²) in [6.07, 6.45) is 0. The SMILES string of the molecule is CC(=O)OCC(=O)OCC(=O)OCCO. The Balaban J connectivity index is 3.53. The van der Waals surface area contributed by atoms with Gasteiger partial charge in [0.2, 0.25) is 0 Å². The Morgan fingerprint density at radius 1 is 1.00 bits per heavy atom. The molecule has 0 aromatic carbocycles. The summed E-state index contributed by atoms with van der Waals surface area (Å²) in [5, 5.41) is 8.30. The molecule has 0 heterocycles. The van der Waals surface area contributed by atoms with Gasteiger partial charge in [0.15, 0.2) is 13.2 Å². The van der Waals surface area contributed by atoms with Gasteiger partial charge in [0.25, 0.3) is 0 Å². The van der Waals surface area contributed by atoms with Gasteiger partial charge >= 0.3 is 17.9 Å². The average molecular weight is 220 g/mol. The van der Waals surface area contributed by atoms with Gasteiger partial charge in [0.05, 0.1) is 6.61 Å². The van der Waals surface area contributed by atoms with Gasteiger partial charge in [0, 0.05) is 6.92 Å². The van der Waals surface area contributed by atoms with Gasteiger partial charge in [-0.15, -0.1) is 0 Å². The Morgan fingerprint density at radius 3 is 2.07 bits per heavy atom. The molecule has 0 aliphatic heterocycles. The Labute approximate surface area is 85.9 Å². The lowest BCUT2D eigenvalue weighted by Gasteiger charge is -2.04. The summed E-state index contributed by atoms with van der Waals surface area (Å²) in [5.41, 5.74) is 0. The summed E-state index contributed by atoms with van der Waals surface area (Å²) < 4.78 is 13.1. The second-order valence-corrected chi connectivity index (χ2v) is 2.39. The monoisotopic (exact) mass is 220 g/mol. The zero-order valence-electron chi connectivity index (χ0n) is 8.23. The molecule has 0 saturated heterocycles. The van der Waals surface area contributed by atoms with E-state index < -0.39 is 31.1 Å². The fraction of sp³-hybridized carbons (Fsp3) is 0.625. The number of hydrogen-bond donors (Lipinski definition) is 1. The molecule has 0 rings (SSSR count). The van der Waals surface area contributed by atoms with E-state index in [-0.39, 0.29) is 13.2 Å². The molecule has 7 nitrogen and oxygen atoms in total. The van der Waals surface area contributed by atoms with Crippen molar-refractivity contribution in [1.82, 2.24) is 0 Å². The van der Waals surface area contributed by atoms with E-state index in [1.165, 1.54) is 0 Å². The smallest absolute Gasteiger partial charge is 0.344 e. The maximum Gasteiger partial charge on any atom is 0.344 e. The molecule has 0 radical (unpaired) electrons. The van der Waals surface area contributed by atoms with Crippen LogP contribution in [0.1, 0.15) is 6.92 Å². The van der Waals surface area contributed by atoms with E-state index in [4.69, 9.17) is 5.11 Å². The summed E-state index contributed by atoms with van der Waals surface area (Å²) in [6, 6.07) is 0. The second-order valence-electron chi connectivity index (χ2n) is 2.39. The maximum absolute atomic E-state index is 10.8. The van der Waals surface area contributed by atoms with E-state index in [1.807, 2.05) is 0 Å². The molecule has 0 aromatic heterocycles. The van der Waals surface area contributed by atoms with Gasteiger partial charge < -0.3 is 19.3 Å². The lowest BCUT2D eigenvalue weighted by molar-refractivity contribution is -0.164. The highest BCUT2D eigenvalue weighted by Crippen LogP contribution is 1.85. The van der Waals surface area contributed by atoms with Crippen LogP contribution in [0.15, 0.2) is 0 Å². The molecule has 0 aliphatic rings. The van der Waals surface area contributed by atoms with Crippen LogP contribution in [-0.4, -0.2) is 49.4 Å². The van der Waals surface area contributed by atoms with Crippen LogP contribution in [0.25, 0.3) is 0 Å². The third kappa shape index (κ3) is 8.69. The van der Waals surface area contributed by atoms with Gasteiger partial charge in [-0.25, -0.2) is 9.59 Å². The van der Waals surface area contributed by atoms with Crippen molar-refractivity contribution in [3.05, 3.63) is 0 Å². The van der Waals surface area contributed by atoms with Crippen molar-refractivity contribution >= 4 is 17.9 Å². The maximum atomic E-state index is 10.8. The Hall–Kier alpha value is -1.63. The van der Waals surface area contributed by atoms with Crippen LogP contribution in [0.3, 0.4) is 0 Å². The number of aliphatic hydroxyl groups excluding tert-OH is 1. The molecule has 0 aromatic rings. The summed E-state index contributed by atoms with van der Waals surface area (Å²) >= 11 is 0. The number of ether oxygens (including phenoxy) is 3. The zero-order chi connectivity index (χ0) is 11.7. The topological polar surface area (TPSA) is 99.1 Å². The lowest BCUT2D eigenvalue weighted by Crippen LogP contribution is -2.21. The van der Waals surface area contributed by atoms with Crippen LogP contribution >= 0.6 is 0 Å². The van der Waals surface area contributed by atoms with E-state index in [9.17, 15) is 14.4 Å². The quantitative estimate of drug-likeness (QED) is 0.435. The van der Waals surface area contributed by atoms with Gasteiger partial charge in [-0.1, -0.05) is 0 Å². The van der Waals surface area contributed by atoms with Crippen LogP contribution in [0.5, 0.6) is 0 Å². The van der Waals surface area contributed by atoms with Crippen LogP contribution in [0, 0.1) is 0 Å². The average Bonchev–Trinajstić information content (AvgIpc) is 2.20. The summed E-state index contributed by atoms with van der Waals surface area (Å²) in [6.45, 7) is -0.418. The molecular weight excluding hydrogens is 208 g/mol. The van der Waals surface area contributed by atoms with Crippen molar-refractivity contribution in [2.45, 2.75) is 6.92 Å². The minimum absolute atomic E-state index is 0.152. The normalized spacial score (nSPS) is 9.20. The fourth-order valence-electron chi connectivity index (χ4n) is 0.543. The number of rotatable bonds is 6. The molecule has 0 amide bonds. The summed E-state index contributed by atoms with van der Waals surface area (Å²) in [7, 11) is 0. The fourth-order valence-corrected chi connectivity index (χ4v) is 0.543. The Kier molecular flexibility index (Phi) is 6.90. The minimum Gasteiger partial charge on any atom is -0.461 e. The molecule has 0 saturated carbocycles. The third-order valence-electron chi connectivity index (χ3n) is 1.10. The number of carbonyl (C=O) groups is 3. The highest BCUT2D eigenvalue weighted by molar-refractivity contribution is 5.78. The van der Waals surface area contributed by atoms with E-state index in [0.717, 1.165) is 6.92 Å². The predicted molar refractivity (Wildman–Crippen MR) is 45.6 cm³/mol. The molecule has 0 atom stereocenters. The molecule has 15 heavy (non-hydrogen) atoms. The van der Waals surface area contributed by atoms with Crippen LogP contribution < -0.4 is 0 Å². The first-order valence-corrected chi connectivity index (χ1v) is 4.11. The predicted octanol–water partition coefficient (Wildman–Crippen LogP) is -1.37. The zero-order valence-corrected chi connectivity index (χ0v) is 8.23. The number of esters is 3. The van der Waals surface area contributed by atoms with E-state index >= 15 is 0 Å². The van der Waals surface area contributed by atoms with Crippen molar-refractivity contribution in [3.8, 4) is 0 Å². The Bertz CT molecular complexity index is 235. The molecule has 0 fully saturated rings. The number of carbonyl (C=O) groups excluding carboxylic acids is 3. The third-order valence-corrected chi connectivity index (χ3v) is 1.10. The molecular formula is C8H12O7. The minimum atomic E-state index is -0.842.